The smallest absolute Gasteiger partial charge is 0.185 e. The fraction of sp³-hybridized carbons (Fsp3) is 0.750. The lowest BCUT2D eigenvalue weighted by Crippen LogP contribution is -2.24. The van der Waals surface area contributed by atoms with Gasteiger partial charge in [0, 0.05) is 12.5 Å². The van der Waals surface area contributed by atoms with Crippen LogP contribution >= 0.6 is 15.9 Å². The molecule has 0 bridgehead atoms. The van der Waals surface area contributed by atoms with Crippen LogP contribution in [-0.4, -0.2) is 15.6 Å². The summed E-state index contributed by atoms with van der Waals surface area (Å²) in [5.74, 6) is 1.33. The minimum Gasteiger partial charge on any atom is -0.292 e. The van der Waals surface area contributed by atoms with Crippen molar-refractivity contribution in [2.45, 2.75) is 65.3 Å². The van der Waals surface area contributed by atoms with Crippen LogP contribution in [0.5, 0.6) is 0 Å². The summed E-state index contributed by atoms with van der Waals surface area (Å²) in [6.45, 7) is 5.18. The number of ketones is 1. The first-order valence-electron chi connectivity index (χ1n) is 7.92. The third kappa shape index (κ3) is 3.51. The summed E-state index contributed by atoms with van der Waals surface area (Å²) in [5, 5.41) is 4.31. The second kappa shape index (κ2) is 7.39. The molecule has 2 rings (SSSR count). The number of aryl methyl sites for hydroxylation is 1. The van der Waals surface area contributed by atoms with Gasteiger partial charge in [-0.3, -0.25) is 9.48 Å². The SMILES string of the molecule is CCCC1CCC(C(=O)c2c(Br)cnn2CCC)CC1. The van der Waals surface area contributed by atoms with Gasteiger partial charge < -0.3 is 0 Å². The maximum atomic E-state index is 12.8. The number of carbonyl (C=O) groups is 1. The van der Waals surface area contributed by atoms with E-state index in [9.17, 15) is 4.79 Å². The molecule has 0 spiro atoms. The molecule has 1 saturated carbocycles. The van der Waals surface area contributed by atoms with Crippen molar-refractivity contribution in [2.75, 3.05) is 0 Å². The largest absolute Gasteiger partial charge is 0.292 e. The first-order chi connectivity index (χ1) is 9.67. The third-order valence-corrected chi connectivity index (χ3v) is 4.96. The highest BCUT2D eigenvalue weighted by molar-refractivity contribution is 9.10. The number of hydrogen-bond acceptors (Lipinski definition) is 2. The molecule has 1 heterocycles. The fourth-order valence-corrected chi connectivity index (χ4v) is 3.80. The van der Waals surface area contributed by atoms with E-state index in [1.54, 1.807) is 6.20 Å². The lowest BCUT2D eigenvalue weighted by atomic mass is 9.78. The van der Waals surface area contributed by atoms with Gasteiger partial charge in [0.1, 0.15) is 5.69 Å². The molecule has 3 nitrogen and oxygen atoms in total. The molecule has 0 aromatic carbocycles. The molecular weight excluding hydrogens is 316 g/mol. The Morgan fingerprint density at radius 2 is 2.00 bits per heavy atom. The van der Waals surface area contributed by atoms with Gasteiger partial charge in [-0.2, -0.15) is 5.10 Å². The normalized spacial score (nSPS) is 22.9. The number of Topliss-reactive ketones (excluding diaryl/α,β-unsaturated/α-hetero) is 1. The summed E-state index contributed by atoms with van der Waals surface area (Å²) < 4.78 is 2.72. The number of nitrogens with zero attached hydrogens (tertiary/aromatic N) is 2. The highest BCUT2D eigenvalue weighted by atomic mass is 79.9. The quantitative estimate of drug-likeness (QED) is 0.694. The molecule has 1 aromatic heterocycles. The van der Waals surface area contributed by atoms with Crippen LogP contribution in [0.1, 0.15) is 69.3 Å². The van der Waals surface area contributed by atoms with Crippen molar-refractivity contribution in [3.63, 3.8) is 0 Å². The Bertz CT molecular complexity index is 447. The predicted molar refractivity (Wildman–Crippen MR) is 84.9 cm³/mol. The summed E-state index contributed by atoms with van der Waals surface area (Å²) in [7, 11) is 0. The standard InChI is InChI=1S/C16H25BrN2O/c1-3-5-12-6-8-13(9-7-12)16(20)15-14(17)11-18-19(15)10-4-2/h11-13H,3-10H2,1-2H3. The average Bonchev–Trinajstić information content (AvgIpc) is 2.81. The lowest BCUT2D eigenvalue weighted by molar-refractivity contribution is 0.0857. The van der Waals surface area contributed by atoms with Crippen LogP contribution in [-0.2, 0) is 6.54 Å². The van der Waals surface area contributed by atoms with Gasteiger partial charge in [0.25, 0.3) is 0 Å². The summed E-state index contributed by atoms with van der Waals surface area (Å²) in [6, 6.07) is 0. The van der Waals surface area contributed by atoms with E-state index in [1.807, 2.05) is 4.68 Å². The highest BCUT2D eigenvalue weighted by Gasteiger charge is 2.29. The molecule has 0 radical (unpaired) electrons. The van der Waals surface area contributed by atoms with Crippen LogP contribution < -0.4 is 0 Å². The van der Waals surface area contributed by atoms with Crippen LogP contribution in [0.4, 0.5) is 0 Å². The molecule has 0 atom stereocenters. The van der Waals surface area contributed by atoms with Crippen LogP contribution in [0, 0.1) is 11.8 Å². The molecule has 0 saturated heterocycles. The zero-order valence-electron chi connectivity index (χ0n) is 12.6. The molecule has 20 heavy (non-hydrogen) atoms. The van der Waals surface area contributed by atoms with Gasteiger partial charge in [0.05, 0.1) is 10.7 Å². The van der Waals surface area contributed by atoms with E-state index in [2.05, 4.69) is 34.9 Å². The van der Waals surface area contributed by atoms with Crippen molar-refractivity contribution in [3.8, 4) is 0 Å². The van der Waals surface area contributed by atoms with Crippen molar-refractivity contribution in [1.82, 2.24) is 9.78 Å². The van der Waals surface area contributed by atoms with Crippen LogP contribution in [0.3, 0.4) is 0 Å². The van der Waals surface area contributed by atoms with E-state index < -0.39 is 0 Å². The van der Waals surface area contributed by atoms with Gasteiger partial charge >= 0.3 is 0 Å². The van der Waals surface area contributed by atoms with Gasteiger partial charge in [0.2, 0.25) is 0 Å². The van der Waals surface area contributed by atoms with Gasteiger partial charge in [-0.25, -0.2) is 0 Å². The number of halogens is 1. The Kier molecular flexibility index (Phi) is 5.82. The van der Waals surface area contributed by atoms with E-state index >= 15 is 0 Å². The molecule has 0 N–H and O–H groups in total. The molecule has 1 fully saturated rings. The summed E-state index contributed by atoms with van der Waals surface area (Å²) in [5.41, 5.74) is 0.783. The number of rotatable bonds is 6. The van der Waals surface area contributed by atoms with Gasteiger partial charge in [0.15, 0.2) is 5.78 Å². The molecule has 1 aliphatic rings. The van der Waals surface area contributed by atoms with E-state index in [4.69, 9.17) is 0 Å². The summed E-state index contributed by atoms with van der Waals surface area (Å²) >= 11 is 3.49. The molecule has 0 unspecified atom stereocenters. The predicted octanol–water partition coefficient (Wildman–Crippen LogP) is 4.84. The Labute approximate surface area is 130 Å². The molecule has 4 heteroatoms. The minimum absolute atomic E-state index is 0.201. The van der Waals surface area contributed by atoms with Gasteiger partial charge in [-0.05, 0) is 54.0 Å². The summed E-state index contributed by atoms with van der Waals surface area (Å²) in [6.07, 6.45) is 9.85. The van der Waals surface area contributed by atoms with Gasteiger partial charge in [-0.1, -0.05) is 26.7 Å². The third-order valence-electron chi connectivity index (χ3n) is 4.38. The van der Waals surface area contributed by atoms with Crippen LogP contribution in [0.2, 0.25) is 0 Å². The molecule has 112 valence electrons. The zero-order valence-corrected chi connectivity index (χ0v) is 14.2. The number of hydrogen-bond donors (Lipinski definition) is 0. The second-order valence-electron chi connectivity index (χ2n) is 5.93. The number of aromatic nitrogens is 2. The van der Waals surface area contributed by atoms with Gasteiger partial charge in [-0.15, -0.1) is 0 Å². The number of carbonyl (C=O) groups excluding carboxylic acids is 1. The van der Waals surface area contributed by atoms with E-state index in [1.165, 1.54) is 25.7 Å². The Balaban J connectivity index is 2.03. The monoisotopic (exact) mass is 340 g/mol. The Morgan fingerprint density at radius 3 is 2.60 bits per heavy atom. The van der Waals surface area contributed by atoms with E-state index in [-0.39, 0.29) is 11.7 Å². The van der Waals surface area contributed by atoms with Crippen molar-refractivity contribution in [2.24, 2.45) is 11.8 Å². The molecular formula is C16H25BrN2O. The first-order valence-corrected chi connectivity index (χ1v) is 8.72. The fourth-order valence-electron chi connectivity index (χ4n) is 3.30. The molecule has 1 aliphatic carbocycles. The highest BCUT2D eigenvalue weighted by Crippen LogP contribution is 2.34. The van der Waals surface area contributed by atoms with Crippen molar-refractivity contribution >= 4 is 21.7 Å². The van der Waals surface area contributed by atoms with Crippen molar-refractivity contribution in [3.05, 3.63) is 16.4 Å². The topological polar surface area (TPSA) is 34.9 Å². The minimum atomic E-state index is 0.201. The maximum Gasteiger partial charge on any atom is 0.185 e. The van der Waals surface area contributed by atoms with Crippen LogP contribution in [0.15, 0.2) is 10.7 Å². The van der Waals surface area contributed by atoms with E-state index in [0.717, 1.165) is 41.9 Å². The zero-order chi connectivity index (χ0) is 14.5. The molecule has 0 aliphatic heterocycles. The van der Waals surface area contributed by atoms with Crippen molar-refractivity contribution < 1.29 is 4.79 Å². The summed E-state index contributed by atoms with van der Waals surface area (Å²) in [4.78, 5) is 12.8. The average molecular weight is 341 g/mol. The molecule has 1 aromatic rings. The Morgan fingerprint density at radius 1 is 1.30 bits per heavy atom. The maximum absolute atomic E-state index is 12.8. The molecule has 0 amide bonds. The lowest BCUT2D eigenvalue weighted by Gasteiger charge is -2.27. The van der Waals surface area contributed by atoms with Crippen molar-refractivity contribution in [1.29, 1.82) is 0 Å². The second-order valence-corrected chi connectivity index (χ2v) is 6.79. The van der Waals surface area contributed by atoms with Crippen LogP contribution in [0.25, 0.3) is 0 Å². The first kappa shape index (κ1) is 15.7. The Hall–Kier alpha value is -0.640. The van der Waals surface area contributed by atoms with E-state index in [0.29, 0.717) is 0 Å².